The molecule has 2 nitrogen and oxygen atoms in total. The molecule has 0 fully saturated rings. The smallest absolute Gasteiger partial charge is 0.137 e. The van der Waals surface area contributed by atoms with Crippen molar-refractivity contribution in [2.24, 2.45) is 0 Å². The molecule has 5 heteroatoms. The Morgan fingerprint density at radius 1 is 1.05 bits per heavy atom. The Kier molecular flexibility index (Phi) is 4.57. The lowest BCUT2D eigenvalue weighted by Crippen LogP contribution is -2.18. The summed E-state index contributed by atoms with van der Waals surface area (Å²) in [6, 6.07) is 8.31. The molecule has 0 bridgehead atoms. The van der Waals surface area contributed by atoms with E-state index in [2.05, 4.69) is 5.32 Å². The van der Waals surface area contributed by atoms with Gasteiger partial charge in [0.2, 0.25) is 0 Å². The zero-order chi connectivity index (χ0) is 14.7. The SMILES string of the molecule is CNC(c1cc(F)cc(F)c1)c1ccc(OC)c(Cl)c1. The quantitative estimate of drug-likeness (QED) is 0.923. The van der Waals surface area contributed by atoms with Crippen molar-refractivity contribution in [3.63, 3.8) is 0 Å². The molecule has 0 aliphatic heterocycles. The minimum absolute atomic E-state index is 0.358. The van der Waals surface area contributed by atoms with Crippen LogP contribution in [0.15, 0.2) is 36.4 Å². The normalized spacial score (nSPS) is 12.2. The molecule has 0 aliphatic carbocycles. The third-order valence-electron chi connectivity index (χ3n) is 3.02. The van der Waals surface area contributed by atoms with Crippen LogP contribution < -0.4 is 10.1 Å². The molecule has 0 saturated carbocycles. The Morgan fingerprint density at radius 3 is 2.20 bits per heavy atom. The van der Waals surface area contributed by atoms with Crippen molar-refractivity contribution < 1.29 is 13.5 Å². The van der Waals surface area contributed by atoms with E-state index in [-0.39, 0.29) is 6.04 Å². The van der Waals surface area contributed by atoms with E-state index in [9.17, 15) is 8.78 Å². The minimum Gasteiger partial charge on any atom is -0.495 e. The molecule has 1 atom stereocenters. The first-order valence-corrected chi connectivity index (χ1v) is 6.39. The van der Waals surface area contributed by atoms with Crippen molar-refractivity contribution in [2.75, 3.05) is 14.2 Å². The summed E-state index contributed by atoms with van der Waals surface area (Å²) in [7, 11) is 3.24. The van der Waals surface area contributed by atoms with Crippen molar-refractivity contribution in [3.05, 3.63) is 64.2 Å². The molecule has 0 radical (unpaired) electrons. The van der Waals surface area contributed by atoms with Gasteiger partial charge in [0, 0.05) is 6.07 Å². The summed E-state index contributed by atoms with van der Waals surface area (Å²) in [5.41, 5.74) is 1.29. The van der Waals surface area contributed by atoms with Crippen LogP contribution in [0.4, 0.5) is 8.78 Å². The summed E-state index contributed by atoms with van der Waals surface area (Å²) in [6.07, 6.45) is 0. The van der Waals surface area contributed by atoms with Gasteiger partial charge in [0.1, 0.15) is 17.4 Å². The fourth-order valence-corrected chi connectivity index (χ4v) is 2.40. The van der Waals surface area contributed by atoms with Gasteiger partial charge in [0.05, 0.1) is 18.2 Å². The molecule has 1 N–H and O–H groups in total. The van der Waals surface area contributed by atoms with Gasteiger partial charge in [-0.1, -0.05) is 17.7 Å². The van der Waals surface area contributed by atoms with Crippen LogP contribution in [-0.4, -0.2) is 14.2 Å². The van der Waals surface area contributed by atoms with E-state index in [4.69, 9.17) is 16.3 Å². The van der Waals surface area contributed by atoms with Gasteiger partial charge in [-0.25, -0.2) is 8.78 Å². The summed E-state index contributed by atoms with van der Waals surface area (Å²) in [5.74, 6) is -0.671. The zero-order valence-electron chi connectivity index (χ0n) is 11.1. The highest BCUT2D eigenvalue weighted by atomic mass is 35.5. The second-order valence-electron chi connectivity index (χ2n) is 4.32. The van der Waals surface area contributed by atoms with Gasteiger partial charge in [-0.3, -0.25) is 0 Å². The van der Waals surface area contributed by atoms with Gasteiger partial charge >= 0.3 is 0 Å². The molecule has 2 aromatic carbocycles. The van der Waals surface area contributed by atoms with E-state index in [1.807, 2.05) is 0 Å². The van der Waals surface area contributed by atoms with Gasteiger partial charge in [0.25, 0.3) is 0 Å². The van der Waals surface area contributed by atoms with Crippen molar-refractivity contribution in [3.8, 4) is 5.75 Å². The van der Waals surface area contributed by atoms with Gasteiger partial charge in [-0.15, -0.1) is 0 Å². The van der Waals surface area contributed by atoms with Crippen molar-refractivity contribution in [1.82, 2.24) is 5.32 Å². The monoisotopic (exact) mass is 297 g/mol. The average molecular weight is 298 g/mol. The minimum atomic E-state index is -0.611. The topological polar surface area (TPSA) is 21.3 Å². The number of rotatable bonds is 4. The fourth-order valence-electron chi connectivity index (χ4n) is 2.13. The van der Waals surface area contributed by atoms with Gasteiger partial charge in [0.15, 0.2) is 0 Å². The Balaban J connectivity index is 2.44. The van der Waals surface area contributed by atoms with Crippen LogP contribution in [0.3, 0.4) is 0 Å². The van der Waals surface area contributed by atoms with E-state index in [0.29, 0.717) is 16.3 Å². The highest BCUT2D eigenvalue weighted by molar-refractivity contribution is 6.32. The highest BCUT2D eigenvalue weighted by Gasteiger charge is 2.15. The number of benzene rings is 2. The van der Waals surface area contributed by atoms with E-state index < -0.39 is 11.6 Å². The number of nitrogens with one attached hydrogen (secondary N) is 1. The summed E-state index contributed by atoms with van der Waals surface area (Å²) in [5, 5.41) is 3.47. The first-order chi connectivity index (χ1) is 9.55. The second kappa shape index (κ2) is 6.20. The summed E-state index contributed by atoms with van der Waals surface area (Å²) in [6.45, 7) is 0. The lowest BCUT2D eigenvalue weighted by atomic mass is 9.98. The van der Waals surface area contributed by atoms with Gasteiger partial charge in [-0.2, -0.15) is 0 Å². The summed E-state index contributed by atoms with van der Waals surface area (Å²) in [4.78, 5) is 0. The predicted octanol–water partition coefficient (Wildman–Crippen LogP) is 3.94. The van der Waals surface area contributed by atoms with Crippen LogP contribution in [0.1, 0.15) is 17.2 Å². The number of hydrogen-bond donors (Lipinski definition) is 1. The maximum absolute atomic E-state index is 13.3. The lowest BCUT2D eigenvalue weighted by molar-refractivity contribution is 0.414. The molecular weight excluding hydrogens is 284 g/mol. The molecule has 0 spiro atoms. The van der Waals surface area contributed by atoms with E-state index >= 15 is 0 Å². The largest absolute Gasteiger partial charge is 0.495 e. The Labute approximate surface area is 121 Å². The highest BCUT2D eigenvalue weighted by Crippen LogP contribution is 2.30. The summed E-state index contributed by atoms with van der Waals surface area (Å²) < 4.78 is 31.7. The lowest BCUT2D eigenvalue weighted by Gasteiger charge is -2.18. The van der Waals surface area contributed by atoms with Crippen LogP contribution in [0.2, 0.25) is 5.02 Å². The van der Waals surface area contributed by atoms with Crippen molar-refractivity contribution in [1.29, 1.82) is 0 Å². The molecule has 0 aromatic heterocycles. The van der Waals surface area contributed by atoms with Crippen LogP contribution in [0.5, 0.6) is 5.75 Å². The molecule has 0 heterocycles. The Morgan fingerprint density at radius 2 is 1.70 bits per heavy atom. The Bertz CT molecular complexity index is 599. The number of ether oxygens (including phenoxy) is 1. The molecular formula is C15H14ClF2NO. The van der Waals surface area contributed by atoms with Crippen LogP contribution >= 0.6 is 11.6 Å². The second-order valence-corrected chi connectivity index (χ2v) is 4.73. The molecule has 2 aromatic rings. The van der Waals surface area contributed by atoms with E-state index in [0.717, 1.165) is 11.6 Å². The number of methoxy groups -OCH3 is 1. The number of halogens is 3. The van der Waals surface area contributed by atoms with E-state index in [1.165, 1.54) is 19.2 Å². The molecule has 0 amide bonds. The van der Waals surface area contributed by atoms with Crippen molar-refractivity contribution in [2.45, 2.75) is 6.04 Å². The van der Waals surface area contributed by atoms with Crippen LogP contribution in [0.25, 0.3) is 0 Å². The number of hydrogen-bond acceptors (Lipinski definition) is 2. The molecule has 20 heavy (non-hydrogen) atoms. The molecule has 0 aliphatic rings. The zero-order valence-corrected chi connectivity index (χ0v) is 11.8. The van der Waals surface area contributed by atoms with Gasteiger partial charge < -0.3 is 10.1 Å². The maximum Gasteiger partial charge on any atom is 0.137 e. The molecule has 2 rings (SSSR count). The third-order valence-corrected chi connectivity index (χ3v) is 3.31. The van der Waals surface area contributed by atoms with E-state index in [1.54, 1.807) is 25.2 Å². The van der Waals surface area contributed by atoms with Crippen LogP contribution in [-0.2, 0) is 0 Å². The maximum atomic E-state index is 13.3. The molecule has 0 saturated heterocycles. The first kappa shape index (κ1) is 14.8. The summed E-state index contributed by atoms with van der Waals surface area (Å²) >= 11 is 6.08. The first-order valence-electron chi connectivity index (χ1n) is 6.02. The van der Waals surface area contributed by atoms with Crippen molar-refractivity contribution >= 4 is 11.6 Å². The molecule has 1 unspecified atom stereocenters. The van der Waals surface area contributed by atoms with Crippen LogP contribution in [0, 0.1) is 11.6 Å². The average Bonchev–Trinajstić information content (AvgIpc) is 2.38. The van der Waals surface area contributed by atoms with Gasteiger partial charge in [-0.05, 0) is 42.4 Å². The standard InChI is InChI=1S/C15H14ClF2NO/c1-19-15(10-5-11(17)8-12(18)6-10)9-3-4-14(20-2)13(16)7-9/h3-8,15,19H,1-2H3. The predicted molar refractivity (Wildman–Crippen MR) is 75.3 cm³/mol. The Hall–Kier alpha value is -1.65. The molecule has 106 valence electrons. The third kappa shape index (κ3) is 3.08. The fraction of sp³-hybridized carbons (Fsp3) is 0.200.